The van der Waals surface area contributed by atoms with Crippen LogP contribution in [0.3, 0.4) is 0 Å². The van der Waals surface area contributed by atoms with E-state index in [9.17, 15) is 10.1 Å². The Balaban J connectivity index is 2.03. The number of hydrogen-bond donors (Lipinski definition) is 2. The van der Waals surface area contributed by atoms with Crippen LogP contribution in [0.25, 0.3) is 0 Å². The quantitative estimate of drug-likeness (QED) is 0.284. The van der Waals surface area contributed by atoms with Gasteiger partial charge in [0.1, 0.15) is 6.61 Å². The van der Waals surface area contributed by atoms with E-state index in [0.717, 1.165) is 35.0 Å². The molecule has 0 saturated heterocycles. The van der Waals surface area contributed by atoms with Gasteiger partial charge in [-0.1, -0.05) is 15.9 Å². The number of aliphatic hydroxyl groups excluding tert-OH is 1. The highest BCUT2D eigenvalue weighted by molar-refractivity contribution is 9.10. The molecule has 2 N–H and O–H groups in total. The van der Waals surface area contributed by atoms with Crippen LogP contribution in [0.4, 0.5) is 5.69 Å². The minimum absolute atomic E-state index is 0.0531. The molecule has 0 amide bonds. The summed E-state index contributed by atoms with van der Waals surface area (Å²) in [7, 11) is 0. The zero-order chi connectivity index (χ0) is 20.4. The summed E-state index contributed by atoms with van der Waals surface area (Å²) in [6.45, 7) is 4.42. The van der Waals surface area contributed by atoms with E-state index < -0.39 is 4.92 Å². The summed E-state index contributed by atoms with van der Waals surface area (Å²) in [6, 6.07) is 10.1. The fourth-order valence-electron chi connectivity index (χ4n) is 2.55. The van der Waals surface area contributed by atoms with E-state index in [4.69, 9.17) is 14.6 Å². The lowest BCUT2D eigenvalue weighted by Crippen LogP contribution is -2.15. The SMILES string of the molecule is CCOc1cc(CNCCCCO)c(Br)cc1OCc1ccc([N+](=O)[O-])cc1. The van der Waals surface area contributed by atoms with E-state index in [-0.39, 0.29) is 18.9 Å². The molecule has 28 heavy (non-hydrogen) atoms. The van der Waals surface area contributed by atoms with Gasteiger partial charge in [-0.05, 0) is 61.7 Å². The molecule has 8 heteroatoms. The molecule has 0 aromatic heterocycles. The largest absolute Gasteiger partial charge is 0.490 e. The number of aliphatic hydroxyl groups is 1. The maximum absolute atomic E-state index is 10.7. The maximum atomic E-state index is 10.7. The Kier molecular flexibility index (Phi) is 9.19. The molecule has 0 aliphatic carbocycles. The lowest BCUT2D eigenvalue weighted by Gasteiger charge is -2.15. The number of nitro groups is 1. The molecular weight excluding hydrogens is 428 g/mol. The first-order chi connectivity index (χ1) is 13.5. The van der Waals surface area contributed by atoms with Crippen molar-refractivity contribution in [3.63, 3.8) is 0 Å². The van der Waals surface area contributed by atoms with Crippen LogP contribution >= 0.6 is 15.9 Å². The summed E-state index contributed by atoms with van der Waals surface area (Å²) in [4.78, 5) is 10.3. The first kappa shape index (κ1) is 22.1. The molecule has 0 spiro atoms. The number of benzene rings is 2. The predicted molar refractivity (Wildman–Crippen MR) is 111 cm³/mol. The molecule has 2 aromatic carbocycles. The molecule has 0 heterocycles. The van der Waals surface area contributed by atoms with E-state index in [1.165, 1.54) is 12.1 Å². The number of hydrogen-bond acceptors (Lipinski definition) is 6. The van der Waals surface area contributed by atoms with Crippen molar-refractivity contribution in [3.05, 3.63) is 62.1 Å². The summed E-state index contributed by atoms with van der Waals surface area (Å²) in [5.41, 5.74) is 1.94. The number of non-ortho nitro benzene ring substituents is 1. The van der Waals surface area contributed by atoms with Crippen LogP contribution in [0.5, 0.6) is 11.5 Å². The lowest BCUT2D eigenvalue weighted by atomic mass is 10.2. The van der Waals surface area contributed by atoms with E-state index in [2.05, 4.69) is 21.2 Å². The van der Waals surface area contributed by atoms with Gasteiger partial charge in [-0.25, -0.2) is 0 Å². The van der Waals surface area contributed by atoms with Crippen molar-refractivity contribution in [3.8, 4) is 11.5 Å². The second kappa shape index (κ2) is 11.6. The van der Waals surface area contributed by atoms with Crippen molar-refractivity contribution in [2.24, 2.45) is 0 Å². The second-order valence-corrected chi connectivity index (χ2v) is 7.00. The highest BCUT2D eigenvalue weighted by Crippen LogP contribution is 2.34. The molecule has 7 nitrogen and oxygen atoms in total. The Morgan fingerprint density at radius 1 is 1.14 bits per heavy atom. The summed E-state index contributed by atoms with van der Waals surface area (Å²) in [6.07, 6.45) is 1.71. The smallest absolute Gasteiger partial charge is 0.269 e. The van der Waals surface area contributed by atoms with E-state index in [1.54, 1.807) is 12.1 Å². The Morgan fingerprint density at radius 2 is 1.86 bits per heavy atom. The van der Waals surface area contributed by atoms with Gasteiger partial charge in [0.2, 0.25) is 0 Å². The number of nitrogens with zero attached hydrogens (tertiary/aromatic N) is 1. The van der Waals surface area contributed by atoms with Crippen molar-refractivity contribution >= 4 is 21.6 Å². The van der Waals surface area contributed by atoms with E-state index in [0.29, 0.717) is 24.7 Å². The molecular formula is C20H25BrN2O5. The second-order valence-electron chi connectivity index (χ2n) is 6.14. The molecule has 0 aliphatic rings. The molecule has 0 saturated carbocycles. The lowest BCUT2D eigenvalue weighted by molar-refractivity contribution is -0.384. The summed E-state index contributed by atoms with van der Waals surface area (Å²) in [5, 5.41) is 22.9. The fraction of sp³-hybridized carbons (Fsp3) is 0.400. The van der Waals surface area contributed by atoms with Crippen molar-refractivity contribution < 1.29 is 19.5 Å². The Morgan fingerprint density at radius 3 is 2.50 bits per heavy atom. The highest BCUT2D eigenvalue weighted by atomic mass is 79.9. The standard InChI is InChI=1S/C20H25BrN2O5/c1-2-27-19-11-16(13-22-9-3-4-10-24)18(21)12-20(19)28-14-15-5-7-17(8-6-15)23(25)26/h5-8,11-12,22,24H,2-4,9-10,13-14H2,1H3. The zero-order valence-corrected chi connectivity index (χ0v) is 17.4. The molecule has 0 radical (unpaired) electrons. The zero-order valence-electron chi connectivity index (χ0n) is 15.8. The number of unbranched alkanes of at least 4 members (excludes halogenated alkanes) is 1. The number of nitro benzene ring substituents is 1. The van der Waals surface area contributed by atoms with Gasteiger partial charge in [0.05, 0.1) is 11.5 Å². The molecule has 0 unspecified atom stereocenters. The van der Waals surface area contributed by atoms with Crippen LogP contribution in [-0.2, 0) is 13.2 Å². The van der Waals surface area contributed by atoms with Gasteiger partial charge in [0.25, 0.3) is 5.69 Å². The average Bonchev–Trinajstić information content (AvgIpc) is 2.69. The minimum Gasteiger partial charge on any atom is -0.490 e. The van der Waals surface area contributed by atoms with Gasteiger partial charge >= 0.3 is 0 Å². The van der Waals surface area contributed by atoms with Crippen LogP contribution < -0.4 is 14.8 Å². The highest BCUT2D eigenvalue weighted by Gasteiger charge is 2.12. The molecule has 2 rings (SSSR count). The van der Waals surface area contributed by atoms with Gasteiger partial charge in [0, 0.05) is 29.8 Å². The van der Waals surface area contributed by atoms with Crippen LogP contribution in [0.2, 0.25) is 0 Å². The fourth-order valence-corrected chi connectivity index (χ4v) is 3.02. The number of ether oxygens (including phenoxy) is 2. The topological polar surface area (TPSA) is 93.9 Å². The van der Waals surface area contributed by atoms with E-state index >= 15 is 0 Å². The van der Waals surface area contributed by atoms with Crippen LogP contribution in [0.15, 0.2) is 40.9 Å². The van der Waals surface area contributed by atoms with Crippen LogP contribution in [0.1, 0.15) is 30.9 Å². The average molecular weight is 453 g/mol. The summed E-state index contributed by atoms with van der Waals surface area (Å²) in [5.74, 6) is 1.26. The van der Waals surface area contributed by atoms with Crippen LogP contribution in [-0.4, -0.2) is 29.8 Å². The third-order valence-electron chi connectivity index (χ3n) is 4.03. The van der Waals surface area contributed by atoms with Crippen molar-refractivity contribution in [1.82, 2.24) is 5.32 Å². The van der Waals surface area contributed by atoms with Gasteiger partial charge in [-0.2, -0.15) is 0 Å². The Hall–Kier alpha value is -2.16. The molecule has 0 atom stereocenters. The third kappa shape index (κ3) is 6.78. The molecule has 2 aromatic rings. The summed E-state index contributed by atoms with van der Waals surface area (Å²) >= 11 is 3.58. The van der Waals surface area contributed by atoms with Gasteiger partial charge in [0.15, 0.2) is 11.5 Å². The van der Waals surface area contributed by atoms with Gasteiger partial charge < -0.3 is 19.9 Å². The minimum atomic E-state index is -0.425. The number of halogens is 1. The number of nitrogens with one attached hydrogen (secondary N) is 1. The normalized spacial score (nSPS) is 10.7. The van der Waals surface area contributed by atoms with Gasteiger partial charge in [-0.15, -0.1) is 0 Å². The van der Waals surface area contributed by atoms with Gasteiger partial charge in [-0.3, -0.25) is 10.1 Å². The Bertz CT molecular complexity index is 768. The molecule has 152 valence electrons. The van der Waals surface area contributed by atoms with Crippen molar-refractivity contribution in [2.75, 3.05) is 19.8 Å². The number of rotatable bonds is 12. The van der Waals surface area contributed by atoms with Crippen LogP contribution in [0, 0.1) is 10.1 Å². The van der Waals surface area contributed by atoms with Crippen molar-refractivity contribution in [1.29, 1.82) is 0 Å². The first-order valence-corrected chi connectivity index (χ1v) is 9.97. The van der Waals surface area contributed by atoms with Crippen molar-refractivity contribution in [2.45, 2.75) is 32.9 Å². The first-order valence-electron chi connectivity index (χ1n) is 9.18. The Labute approximate surface area is 172 Å². The molecule has 0 aliphatic heterocycles. The predicted octanol–water partition coefficient (Wildman–Crippen LogP) is 4.20. The molecule has 0 bridgehead atoms. The third-order valence-corrected chi connectivity index (χ3v) is 4.77. The molecule has 0 fully saturated rings. The van der Waals surface area contributed by atoms with E-state index in [1.807, 2.05) is 19.1 Å². The maximum Gasteiger partial charge on any atom is 0.269 e. The monoisotopic (exact) mass is 452 g/mol. The summed E-state index contributed by atoms with van der Waals surface area (Å²) < 4.78 is 12.5.